The van der Waals surface area contributed by atoms with Gasteiger partial charge in [0.1, 0.15) is 0 Å². The molecule has 0 radical (unpaired) electrons. The van der Waals surface area contributed by atoms with Gasteiger partial charge < -0.3 is 4.90 Å². The van der Waals surface area contributed by atoms with E-state index in [2.05, 4.69) is 21.8 Å². The van der Waals surface area contributed by atoms with Crippen LogP contribution in [-0.2, 0) is 29.2 Å². The molecule has 150 valence electrons. The Morgan fingerprint density at radius 2 is 1.76 bits per heavy atom. The van der Waals surface area contributed by atoms with E-state index in [1.165, 1.54) is 6.26 Å². The molecular formula is C21H23N5O2S. The predicted octanol–water partition coefficient (Wildman–Crippen LogP) is 2.85. The minimum absolute atomic E-state index is 0.334. The Bertz CT molecular complexity index is 1120. The van der Waals surface area contributed by atoms with Crippen LogP contribution in [0.1, 0.15) is 30.3 Å². The van der Waals surface area contributed by atoms with Crippen molar-refractivity contribution in [2.24, 2.45) is 0 Å². The molecule has 1 aliphatic rings. The molecule has 1 aromatic carbocycles. The number of fused-ring (bicyclic) bond motifs is 1. The summed E-state index contributed by atoms with van der Waals surface area (Å²) in [7, 11) is -3.19. The molecule has 4 rings (SSSR count). The summed E-state index contributed by atoms with van der Waals surface area (Å²) in [6.45, 7) is 3.65. The Kier molecular flexibility index (Phi) is 5.27. The van der Waals surface area contributed by atoms with Crippen molar-refractivity contribution in [1.82, 2.24) is 19.9 Å². The van der Waals surface area contributed by atoms with Gasteiger partial charge >= 0.3 is 0 Å². The lowest BCUT2D eigenvalue weighted by Crippen LogP contribution is -2.32. The van der Waals surface area contributed by atoms with Gasteiger partial charge in [0.2, 0.25) is 0 Å². The molecule has 0 amide bonds. The van der Waals surface area contributed by atoms with E-state index in [1.54, 1.807) is 30.6 Å². The standard InChI is InChI=1S/C21H23N5O2S/c1-3-5-18-17-14-26(15-6-8-16(9-7-15)29(2,27)28)13-10-19(17)25-21(24-18)20-22-11-4-12-23-20/h4,6-9,11-12H,3,5,10,13-14H2,1-2H3. The molecule has 2 aromatic heterocycles. The summed E-state index contributed by atoms with van der Waals surface area (Å²) in [6, 6.07) is 8.85. The van der Waals surface area contributed by atoms with E-state index in [4.69, 9.17) is 9.97 Å². The second-order valence-electron chi connectivity index (χ2n) is 7.18. The molecule has 0 saturated heterocycles. The Hall–Kier alpha value is -2.87. The number of rotatable bonds is 5. The molecule has 1 aliphatic heterocycles. The van der Waals surface area contributed by atoms with E-state index in [9.17, 15) is 8.42 Å². The Balaban J connectivity index is 1.66. The summed E-state index contributed by atoms with van der Waals surface area (Å²) >= 11 is 0. The highest BCUT2D eigenvalue weighted by molar-refractivity contribution is 7.90. The minimum atomic E-state index is -3.19. The third kappa shape index (κ3) is 4.12. The van der Waals surface area contributed by atoms with Crippen LogP contribution in [0.3, 0.4) is 0 Å². The van der Waals surface area contributed by atoms with Crippen molar-refractivity contribution >= 4 is 15.5 Å². The molecule has 0 spiro atoms. The van der Waals surface area contributed by atoms with Crippen LogP contribution in [0.15, 0.2) is 47.6 Å². The summed E-state index contributed by atoms with van der Waals surface area (Å²) in [6.07, 6.45) is 7.27. The van der Waals surface area contributed by atoms with Crippen LogP contribution < -0.4 is 4.90 Å². The lowest BCUT2D eigenvalue weighted by Gasteiger charge is -2.31. The van der Waals surface area contributed by atoms with Crippen LogP contribution in [0.4, 0.5) is 5.69 Å². The van der Waals surface area contributed by atoms with Crippen molar-refractivity contribution in [3.05, 3.63) is 59.7 Å². The quantitative estimate of drug-likeness (QED) is 0.640. The zero-order chi connectivity index (χ0) is 20.4. The Labute approximate surface area is 170 Å². The van der Waals surface area contributed by atoms with Gasteiger partial charge in [0.05, 0.1) is 10.6 Å². The van der Waals surface area contributed by atoms with Crippen LogP contribution in [0.25, 0.3) is 11.6 Å². The number of hydrogen-bond donors (Lipinski definition) is 0. The van der Waals surface area contributed by atoms with Crippen LogP contribution >= 0.6 is 0 Å². The molecule has 0 bridgehead atoms. The normalized spacial score (nSPS) is 13.9. The zero-order valence-electron chi connectivity index (χ0n) is 16.5. The number of anilines is 1. The van der Waals surface area contributed by atoms with Gasteiger partial charge in [-0.2, -0.15) is 0 Å². The zero-order valence-corrected chi connectivity index (χ0v) is 17.4. The third-order valence-electron chi connectivity index (χ3n) is 5.03. The lowest BCUT2D eigenvalue weighted by atomic mass is 10.0. The maximum Gasteiger partial charge on any atom is 0.198 e. The Morgan fingerprint density at radius 3 is 2.41 bits per heavy atom. The highest BCUT2D eigenvalue weighted by atomic mass is 32.2. The molecule has 0 atom stereocenters. The second kappa shape index (κ2) is 7.87. The first-order valence-electron chi connectivity index (χ1n) is 9.67. The molecule has 29 heavy (non-hydrogen) atoms. The first-order valence-corrected chi connectivity index (χ1v) is 11.6. The first kappa shape index (κ1) is 19.4. The van der Waals surface area contributed by atoms with Crippen LogP contribution in [0, 0.1) is 0 Å². The molecule has 0 fully saturated rings. The van der Waals surface area contributed by atoms with Crippen LogP contribution in [-0.4, -0.2) is 41.2 Å². The third-order valence-corrected chi connectivity index (χ3v) is 6.16. The molecule has 0 N–H and O–H groups in total. The van der Waals surface area contributed by atoms with Crippen LogP contribution in [0.5, 0.6) is 0 Å². The number of nitrogens with zero attached hydrogens (tertiary/aromatic N) is 5. The van der Waals surface area contributed by atoms with E-state index < -0.39 is 9.84 Å². The largest absolute Gasteiger partial charge is 0.367 e. The number of sulfone groups is 1. The number of aromatic nitrogens is 4. The van der Waals surface area contributed by atoms with Gasteiger partial charge in [0.25, 0.3) is 0 Å². The number of hydrogen-bond acceptors (Lipinski definition) is 7. The molecular weight excluding hydrogens is 386 g/mol. The van der Waals surface area contributed by atoms with Gasteiger partial charge in [-0.3, -0.25) is 0 Å². The fraction of sp³-hybridized carbons (Fsp3) is 0.333. The van der Waals surface area contributed by atoms with Gasteiger partial charge in [0.15, 0.2) is 21.5 Å². The smallest absolute Gasteiger partial charge is 0.198 e. The van der Waals surface area contributed by atoms with Gasteiger partial charge in [-0.05, 0) is 36.8 Å². The Morgan fingerprint density at radius 1 is 1.03 bits per heavy atom. The number of benzene rings is 1. The van der Waals surface area contributed by atoms with Crippen LogP contribution in [0.2, 0.25) is 0 Å². The minimum Gasteiger partial charge on any atom is -0.367 e. The summed E-state index contributed by atoms with van der Waals surface area (Å²) < 4.78 is 23.4. The number of aryl methyl sites for hydroxylation is 1. The first-order chi connectivity index (χ1) is 14.0. The average molecular weight is 410 g/mol. The molecule has 0 aliphatic carbocycles. The monoisotopic (exact) mass is 409 g/mol. The predicted molar refractivity (Wildman–Crippen MR) is 111 cm³/mol. The van der Waals surface area contributed by atoms with Crippen molar-refractivity contribution in [2.45, 2.75) is 37.6 Å². The maximum atomic E-state index is 11.7. The summed E-state index contributed by atoms with van der Waals surface area (Å²) in [5, 5.41) is 0. The molecule has 7 nitrogen and oxygen atoms in total. The fourth-order valence-corrected chi connectivity index (χ4v) is 4.20. The topological polar surface area (TPSA) is 88.9 Å². The molecule has 3 heterocycles. The SMILES string of the molecule is CCCc1nc(-c2ncccn2)nc2c1CN(c1ccc(S(C)(=O)=O)cc1)CC2. The van der Waals surface area contributed by atoms with Crippen molar-refractivity contribution in [3.63, 3.8) is 0 Å². The van der Waals surface area contributed by atoms with Gasteiger partial charge in [-0.15, -0.1) is 0 Å². The molecule has 0 saturated carbocycles. The van der Waals surface area contributed by atoms with Gasteiger partial charge in [-0.1, -0.05) is 13.3 Å². The van der Waals surface area contributed by atoms with E-state index in [1.807, 2.05) is 12.1 Å². The van der Waals surface area contributed by atoms with E-state index in [0.717, 1.165) is 48.4 Å². The molecule has 8 heteroatoms. The second-order valence-corrected chi connectivity index (χ2v) is 9.19. The van der Waals surface area contributed by atoms with Crippen molar-refractivity contribution in [3.8, 4) is 11.6 Å². The highest BCUT2D eigenvalue weighted by Crippen LogP contribution is 2.28. The van der Waals surface area contributed by atoms with Gasteiger partial charge in [0, 0.05) is 55.1 Å². The van der Waals surface area contributed by atoms with Gasteiger partial charge in [-0.25, -0.2) is 28.4 Å². The van der Waals surface area contributed by atoms with E-state index in [0.29, 0.717) is 23.1 Å². The summed E-state index contributed by atoms with van der Waals surface area (Å²) in [5.41, 5.74) is 4.25. The summed E-state index contributed by atoms with van der Waals surface area (Å²) in [5.74, 6) is 1.13. The van der Waals surface area contributed by atoms with E-state index >= 15 is 0 Å². The average Bonchev–Trinajstić information content (AvgIpc) is 2.74. The summed E-state index contributed by atoms with van der Waals surface area (Å²) in [4.78, 5) is 20.7. The molecule has 3 aromatic rings. The molecule has 0 unspecified atom stereocenters. The maximum absolute atomic E-state index is 11.7. The lowest BCUT2D eigenvalue weighted by molar-refractivity contribution is 0.602. The highest BCUT2D eigenvalue weighted by Gasteiger charge is 2.23. The fourth-order valence-electron chi connectivity index (χ4n) is 3.56. The van der Waals surface area contributed by atoms with Crippen molar-refractivity contribution < 1.29 is 8.42 Å². The van der Waals surface area contributed by atoms with E-state index in [-0.39, 0.29) is 0 Å². The van der Waals surface area contributed by atoms with Crippen molar-refractivity contribution in [1.29, 1.82) is 0 Å². The van der Waals surface area contributed by atoms with Crippen molar-refractivity contribution in [2.75, 3.05) is 17.7 Å².